The Bertz CT molecular complexity index is 1410. The summed E-state index contributed by atoms with van der Waals surface area (Å²) in [5.74, 6) is -1.61. The summed E-state index contributed by atoms with van der Waals surface area (Å²) in [7, 11) is -3.97. The molecule has 1 aromatic heterocycles. The molecule has 1 N–H and O–H groups in total. The van der Waals surface area contributed by atoms with Gasteiger partial charge in [-0.3, -0.25) is 10.1 Å². The van der Waals surface area contributed by atoms with Gasteiger partial charge in [0.2, 0.25) is 0 Å². The van der Waals surface area contributed by atoms with E-state index in [9.17, 15) is 18.0 Å². The number of carbonyl (C=O) groups excluding carboxylic acids is 2. The minimum atomic E-state index is -3.97. The van der Waals surface area contributed by atoms with Crippen LogP contribution < -0.4 is 5.32 Å². The van der Waals surface area contributed by atoms with E-state index in [1.54, 1.807) is 50.2 Å². The van der Waals surface area contributed by atoms with Gasteiger partial charge in [-0.2, -0.15) is 0 Å². The summed E-state index contributed by atoms with van der Waals surface area (Å²) in [6, 6.07) is 13.4. The summed E-state index contributed by atoms with van der Waals surface area (Å²) in [4.78, 5) is 25.2. The summed E-state index contributed by atoms with van der Waals surface area (Å²) >= 11 is 5.31. The van der Waals surface area contributed by atoms with Crippen molar-refractivity contribution in [3.05, 3.63) is 78.0 Å². The van der Waals surface area contributed by atoms with E-state index >= 15 is 0 Å². The van der Waals surface area contributed by atoms with E-state index in [0.29, 0.717) is 22.0 Å². The van der Waals surface area contributed by atoms with Crippen molar-refractivity contribution in [2.75, 3.05) is 13.2 Å². The van der Waals surface area contributed by atoms with Crippen LogP contribution in [0.15, 0.2) is 71.8 Å². The molecule has 0 spiro atoms. The molecule has 0 radical (unpaired) electrons. The minimum Gasteiger partial charge on any atom is -0.461 e. The highest BCUT2D eigenvalue weighted by molar-refractivity contribution is 7.90. The summed E-state index contributed by atoms with van der Waals surface area (Å²) < 4.78 is 38.5. The van der Waals surface area contributed by atoms with Crippen molar-refractivity contribution in [2.45, 2.75) is 38.0 Å². The number of amides is 1. The lowest BCUT2D eigenvalue weighted by Crippen LogP contribution is -2.32. The number of nitrogens with zero attached hydrogens (tertiary/aromatic N) is 1. The van der Waals surface area contributed by atoms with Crippen LogP contribution in [0.1, 0.15) is 37.3 Å². The van der Waals surface area contributed by atoms with Gasteiger partial charge in [0.25, 0.3) is 10.0 Å². The molecule has 10 heteroatoms. The molecule has 0 saturated heterocycles. The van der Waals surface area contributed by atoms with E-state index in [4.69, 9.17) is 21.7 Å². The molecule has 0 fully saturated rings. The van der Waals surface area contributed by atoms with E-state index in [-0.39, 0.29) is 29.5 Å². The molecular weight excluding hydrogens is 500 g/mol. The van der Waals surface area contributed by atoms with Gasteiger partial charge in [-0.05, 0) is 50.1 Å². The second-order valence-corrected chi connectivity index (χ2v) is 10.6. The number of hydrogen-bond donors (Lipinski definition) is 1. The summed E-state index contributed by atoms with van der Waals surface area (Å²) in [5.41, 5.74) is 2.37. The fourth-order valence-corrected chi connectivity index (χ4v) is 5.24. The lowest BCUT2D eigenvalue weighted by Gasteiger charge is -2.17. The topological polar surface area (TPSA) is 104 Å². The maximum atomic E-state index is 13.6. The number of esters is 1. The standard InChI is InChI=1S/C26H28N2O6S2/c1-5-33-26(30)27-24(35)14-21(25(29)34-16-17(2)3)22-15-28(23-9-7-6-8-20(22)23)36(31,32)19-12-10-18(4)11-13-19/h6-13,15,21H,2,5,14,16H2,1,3-4H3,(H,27,30,35). The van der Waals surface area contributed by atoms with Gasteiger partial charge in [-0.15, -0.1) is 0 Å². The largest absolute Gasteiger partial charge is 0.461 e. The van der Waals surface area contributed by atoms with Crippen molar-refractivity contribution in [2.24, 2.45) is 0 Å². The number of aromatic nitrogens is 1. The van der Waals surface area contributed by atoms with Crippen LogP contribution >= 0.6 is 12.2 Å². The van der Waals surface area contributed by atoms with Crippen LogP contribution in [0, 0.1) is 6.92 Å². The molecule has 1 heterocycles. The molecule has 3 aromatic rings. The lowest BCUT2D eigenvalue weighted by molar-refractivity contribution is -0.144. The maximum Gasteiger partial charge on any atom is 0.412 e. The molecule has 0 bridgehead atoms. The molecule has 36 heavy (non-hydrogen) atoms. The highest BCUT2D eigenvalue weighted by Gasteiger charge is 2.30. The molecule has 3 rings (SSSR count). The maximum absolute atomic E-state index is 13.6. The molecule has 1 amide bonds. The molecule has 190 valence electrons. The normalized spacial score (nSPS) is 12.1. The number of benzene rings is 2. The van der Waals surface area contributed by atoms with Gasteiger partial charge in [0, 0.05) is 18.0 Å². The average molecular weight is 529 g/mol. The van der Waals surface area contributed by atoms with Gasteiger partial charge < -0.3 is 9.47 Å². The van der Waals surface area contributed by atoms with Crippen LogP contribution in [0.25, 0.3) is 10.9 Å². The Morgan fingerprint density at radius 1 is 1.11 bits per heavy atom. The molecular formula is C26H28N2O6S2. The van der Waals surface area contributed by atoms with Crippen LogP contribution in [-0.4, -0.2) is 42.7 Å². The zero-order valence-corrected chi connectivity index (χ0v) is 21.9. The summed E-state index contributed by atoms with van der Waals surface area (Å²) in [6.07, 6.45) is 0.585. The Morgan fingerprint density at radius 3 is 2.42 bits per heavy atom. The Hall–Kier alpha value is -3.50. The predicted molar refractivity (Wildman–Crippen MR) is 142 cm³/mol. The first-order valence-electron chi connectivity index (χ1n) is 11.2. The van der Waals surface area contributed by atoms with Crippen molar-refractivity contribution in [1.29, 1.82) is 0 Å². The van der Waals surface area contributed by atoms with E-state index in [0.717, 1.165) is 9.54 Å². The number of nitrogens with one attached hydrogen (secondary N) is 1. The van der Waals surface area contributed by atoms with E-state index in [1.807, 2.05) is 6.92 Å². The summed E-state index contributed by atoms with van der Waals surface area (Å²) in [5, 5.41) is 2.98. The number of alkyl carbamates (subject to hydrolysis) is 1. The first kappa shape index (κ1) is 27.1. The number of para-hydroxylation sites is 1. The number of fused-ring (bicyclic) bond motifs is 1. The third-order valence-corrected chi connectivity index (χ3v) is 7.27. The van der Waals surface area contributed by atoms with Crippen molar-refractivity contribution in [3.8, 4) is 0 Å². The van der Waals surface area contributed by atoms with Crippen molar-refractivity contribution in [3.63, 3.8) is 0 Å². The zero-order valence-electron chi connectivity index (χ0n) is 20.3. The second-order valence-electron chi connectivity index (χ2n) is 8.31. The number of ether oxygens (including phenoxy) is 2. The highest BCUT2D eigenvalue weighted by Crippen LogP contribution is 2.33. The van der Waals surface area contributed by atoms with Crippen molar-refractivity contribution < 1.29 is 27.5 Å². The van der Waals surface area contributed by atoms with E-state index < -0.39 is 28.0 Å². The lowest BCUT2D eigenvalue weighted by atomic mass is 9.95. The van der Waals surface area contributed by atoms with Crippen LogP contribution in [0.5, 0.6) is 0 Å². The molecule has 1 unspecified atom stereocenters. The Balaban J connectivity index is 2.10. The van der Waals surface area contributed by atoms with Crippen LogP contribution in [0.2, 0.25) is 0 Å². The number of rotatable bonds is 9. The monoisotopic (exact) mass is 528 g/mol. The molecule has 8 nitrogen and oxygen atoms in total. The molecule has 0 aliphatic heterocycles. The molecule has 1 atom stereocenters. The third kappa shape index (κ3) is 6.19. The quantitative estimate of drug-likeness (QED) is 0.240. The van der Waals surface area contributed by atoms with Crippen LogP contribution in [-0.2, 0) is 24.3 Å². The fraction of sp³-hybridized carbons (Fsp3) is 0.269. The number of hydrogen-bond acceptors (Lipinski definition) is 7. The third-order valence-electron chi connectivity index (χ3n) is 5.31. The second kappa shape index (κ2) is 11.5. The first-order valence-corrected chi connectivity index (χ1v) is 13.1. The van der Waals surface area contributed by atoms with Gasteiger partial charge in [0.1, 0.15) is 6.61 Å². The summed E-state index contributed by atoms with van der Waals surface area (Å²) in [6.45, 7) is 9.14. The fourth-order valence-electron chi connectivity index (χ4n) is 3.61. The Kier molecular flexibility index (Phi) is 8.65. The average Bonchev–Trinajstić information content (AvgIpc) is 3.21. The van der Waals surface area contributed by atoms with Gasteiger partial charge in [-0.25, -0.2) is 17.2 Å². The first-order chi connectivity index (χ1) is 17.0. The Morgan fingerprint density at radius 2 is 1.78 bits per heavy atom. The number of carbonyl (C=O) groups is 2. The number of thiocarbonyl (C=S) groups is 1. The Labute approximate surface area is 215 Å². The predicted octanol–water partition coefficient (Wildman–Crippen LogP) is 4.85. The smallest absolute Gasteiger partial charge is 0.412 e. The van der Waals surface area contributed by atoms with Crippen molar-refractivity contribution in [1.82, 2.24) is 9.29 Å². The SMILES string of the molecule is C=C(C)COC(=O)C(CC(=S)NC(=O)OCC)c1cn(S(=O)(=O)c2ccc(C)cc2)c2ccccc12. The molecule has 0 aliphatic rings. The van der Waals surface area contributed by atoms with Crippen LogP contribution in [0.4, 0.5) is 4.79 Å². The van der Waals surface area contributed by atoms with E-state index in [1.165, 1.54) is 18.3 Å². The van der Waals surface area contributed by atoms with Crippen LogP contribution in [0.3, 0.4) is 0 Å². The number of aryl methyl sites for hydroxylation is 1. The zero-order chi connectivity index (χ0) is 26.5. The molecule has 0 aliphatic carbocycles. The molecule has 2 aromatic carbocycles. The van der Waals surface area contributed by atoms with Gasteiger partial charge in [-0.1, -0.05) is 54.7 Å². The van der Waals surface area contributed by atoms with Gasteiger partial charge in [0.05, 0.1) is 27.9 Å². The molecule has 0 saturated carbocycles. The van der Waals surface area contributed by atoms with Crippen molar-refractivity contribution >= 4 is 50.2 Å². The van der Waals surface area contributed by atoms with Gasteiger partial charge >= 0.3 is 12.1 Å². The van der Waals surface area contributed by atoms with Gasteiger partial charge in [0.15, 0.2) is 0 Å². The highest BCUT2D eigenvalue weighted by atomic mass is 32.2. The van der Waals surface area contributed by atoms with E-state index in [2.05, 4.69) is 11.9 Å². The minimum absolute atomic E-state index is 0.00624.